The Bertz CT molecular complexity index is 1010. The molecule has 0 unspecified atom stereocenters. The van der Waals surface area contributed by atoms with E-state index in [0.717, 1.165) is 24.6 Å². The molecule has 0 saturated carbocycles. The van der Waals surface area contributed by atoms with E-state index in [-0.39, 0.29) is 11.5 Å². The lowest BCUT2D eigenvalue weighted by Crippen LogP contribution is -2.27. The fourth-order valence-electron chi connectivity index (χ4n) is 3.78. The molecule has 0 fully saturated rings. The molecule has 8 nitrogen and oxygen atoms in total. The van der Waals surface area contributed by atoms with Crippen LogP contribution in [0, 0.1) is 5.41 Å². The highest BCUT2D eigenvalue weighted by Crippen LogP contribution is 2.49. The standard InChI is InChI=1S/C30H46O8/c1-10-14-23(32-7)35-21-18-13-17-20-19-22(36-24(33-8)15-11-2)27(37-25(34-9)16-12-3)28(26(20)21)38-29(31)30(4,5)6/h13,17-19,23-25H,10-12,14-16H2,1-9H3/t23-,24-,25-/m0/s1. The number of rotatable bonds is 16. The van der Waals surface area contributed by atoms with Crippen molar-refractivity contribution in [2.45, 2.75) is 98.9 Å². The van der Waals surface area contributed by atoms with Crippen molar-refractivity contribution in [2.24, 2.45) is 5.41 Å². The van der Waals surface area contributed by atoms with Gasteiger partial charge in [0, 0.05) is 40.6 Å². The molecule has 214 valence electrons. The van der Waals surface area contributed by atoms with E-state index in [9.17, 15) is 4.79 Å². The third-order valence-electron chi connectivity index (χ3n) is 5.94. The number of methoxy groups -OCH3 is 3. The Hall–Kier alpha value is -2.55. The van der Waals surface area contributed by atoms with E-state index in [2.05, 4.69) is 13.8 Å². The maximum atomic E-state index is 13.3. The van der Waals surface area contributed by atoms with Crippen LogP contribution in [0.25, 0.3) is 10.8 Å². The fraction of sp³-hybridized carbons (Fsp3) is 0.633. The lowest BCUT2D eigenvalue weighted by atomic mass is 9.97. The minimum atomic E-state index is -0.769. The van der Waals surface area contributed by atoms with Gasteiger partial charge in [0.15, 0.2) is 30.4 Å². The first kappa shape index (κ1) is 31.7. The zero-order valence-electron chi connectivity index (χ0n) is 24.6. The third kappa shape index (κ3) is 8.48. The van der Waals surface area contributed by atoms with Crippen LogP contribution >= 0.6 is 0 Å². The van der Waals surface area contributed by atoms with Gasteiger partial charge in [-0.2, -0.15) is 0 Å². The Morgan fingerprint density at radius 3 is 1.71 bits per heavy atom. The quantitative estimate of drug-likeness (QED) is 0.127. The first-order chi connectivity index (χ1) is 18.1. The second-order valence-corrected chi connectivity index (χ2v) is 10.2. The molecule has 0 spiro atoms. The topological polar surface area (TPSA) is 81.7 Å². The lowest BCUT2D eigenvalue weighted by Gasteiger charge is -2.27. The van der Waals surface area contributed by atoms with Gasteiger partial charge in [0.05, 0.1) is 10.8 Å². The van der Waals surface area contributed by atoms with Gasteiger partial charge in [-0.05, 0) is 38.3 Å². The van der Waals surface area contributed by atoms with Crippen LogP contribution in [0.1, 0.15) is 80.1 Å². The number of carbonyl (C=O) groups is 1. The van der Waals surface area contributed by atoms with Crippen molar-refractivity contribution in [1.29, 1.82) is 0 Å². The molecule has 0 bridgehead atoms. The lowest BCUT2D eigenvalue weighted by molar-refractivity contribution is -0.143. The molecule has 0 amide bonds. The first-order valence-corrected chi connectivity index (χ1v) is 13.5. The van der Waals surface area contributed by atoms with Crippen LogP contribution in [-0.2, 0) is 19.0 Å². The molecule has 2 aromatic carbocycles. The molecular formula is C30H46O8. The Labute approximate surface area is 227 Å². The van der Waals surface area contributed by atoms with Gasteiger partial charge >= 0.3 is 5.97 Å². The second kappa shape index (κ2) is 15.1. The summed E-state index contributed by atoms with van der Waals surface area (Å²) in [7, 11) is 4.79. The normalized spacial score (nSPS) is 14.1. The molecule has 0 heterocycles. The zero-order chi connectivity index (χ0) is 28.3. The van der Waals surface area contributed by atoms with E-state index < -0.39 is 30.3 Å². The highest BCUT2D eigenvalue weighted by molar-refractivity contribution is 5.99. The molecule has 38 heavy (non-hydrogen) atoms. The molecule has 0 aromatic heterocycles. The van der Waals surface area contributed by atoms with E-state index in [4.69, 9.17) is 33.2 Å². The second-order valence-electron chi connectivity index (χ2n) is 10.2. The van der Waals surface area contributed by atoms with Gasteiger partial charge in [-0.3, -0.25) is 4.79 Å². The summed E-state index contributed by atoms with van der Waals surface area (Å²) in [5, 5.41) is 1.34. The van der Waals surface area contributed by atoms with Crippen molar-refractivity contribution < 1.29 is 38.0 Å². The fourth-order valence-corrected chi connectivity index (χ4v) is 3.78. The molecule has 2 aromatic rings. The number of carbonyl (C=O) groups excluding carboxylic acids is 1. The highest BCUT2D eigenvalue weighted by atomic mass is 16.7. The van der Waals surface area contributed by atoms with Crippen molar-refractivity contribution in [3.8, 4) is 23.0 Å². The number of fused-ring (bicyclic) bond motifs is 1. The Kier molecular flexibility index (Phi) is 12.6. The Balaban J connectivity index is 2.86. The van der Waals surface area contributed by atoms with Crippen LogP contribution in [0.5, 0.6) is 23.0 Å². The van der Waals surface area contributed by atoms with Crippen molar-refractivity contribution in [3.63, 3.8) is 0 Å². The number of benzene rings is 2. The van der Waals surface area contributed by atoms with Gasteiger partial charge < -0.3 is 33.2 Å². The predicted octanol–water partition coefficient (Wildman–Crippen LogP) is 7.25. The van der Waals surface area contributed by atoms with E-state index in [1.165, 1.54) is 0 Å². The summed E-state index contributed by atoms with van der Waals surface area (Å²) in [6.07, 6.45) is 3.00. The average Bonchev–Trinajstić information content (AvgIpc) is 2.88. The Morgan fingerprint density at radius 2 is 1.24 bits per heavy atom. The number of hydrogen-bond donors (Lipinski definition) is 0. The smallest absolute Gasteiger partial charge is 0.316 e. The van der Waals surface area contributed by atoms with Crippen LogP contribution < -0.4 is 18.9 Å². The predicted molar refractivity (Wildman–Crippen MR) is 148 cm³/mol. The minimum absolute atomic E-state index is 0.212. The summed E-state index contributed by atoms with van der Waals surface area (Å²) in [6.45, 7) is 11.6. The van der Waals surface area contributed by atoms with Gasteiger partial charge in [-0.15, -0.1) is 0 Å². The maximum Gasteiger partial charge on any atom is 0.316 e. The van der Waals surface area contributed by atoms with Gasteiger partial charge in [-0.25, -0.2) is 0 Å². The molecule has 8 heteroatoms. The molecule has 0 aliphatic rings. The van der Waals surface area contributed by atoms with E-state index in [0.29, 0.717) is 36.1 Å². The van der Waals surface area contributed by atoms with E-state index in [1.54, 1.807) is 42.1 Å². The molecular weight excluding hydrogens is 488 g/mol. The number of hydrogen-bond acceptors (Lipinski definition) is 8. The summed E-state index contributed by atoms with van der Waals surface area (Å²) in [6, 6.07) is 7.48. The van der Waals surface area contributed by atoms with Gasteiger partial charge in [0.2, 0.25) is 5.75 Å². The van der Waals surface area contributed by atoms with Crippen LogP contribution in [-0.4, -0.2) is 46.2 Å². The monoisotopic (exact) mass is 534 g/mol. The van der Waals surface area contributed by atoms with Crippen LogP contribution in [0.2, 0.25) is 0 Å². The molecule has 0 N–H and O–H groups in total. The molecule has 3 atom stereocenters. The third-order valence-corrected chi connectivity index (χ3v) is 5.94. The summed E-state index contributed by atoms with van der Waals surface area (Å²) in [5.74, 6) is 0.950. The minimum Gasteiger partial charge on any atom is -0.464 e. The molecule has 0 aliphatic heterocycles. The summed E-state index contributed by atoms with van der Waals surface area (Å²) >= 11 is 0. The van der Waals surface area contributed by atoms with Crippen molar-refractivity contribution in [2.75, 3.05) is 21.3 Å². The summed E-state index contributed by atoms with van der Waals surface area (Å²) in [5.41, 5.74) is -0.769. The van der Waals surface area contributed by atoms with E-state index in [1.807, 2.05) is 31.2 Å². The summed E-state index contributed by atoms with van der Waals surface area (Å²) in [4.78, 5) is 13.3. The first-order valence-electron chi connectivity index (χ1n) is 13.5. The zero-order valence-corrected chi connectivity index (χ0v) is 24.6. The van der Waals surface area contributed by atoms with Crippen molar-refractivity contribution in [1.82, 2.24) is 0 Å². The number of ether oxygens (including phenoxy) is 7. The van der Waals surface area contributed by atoms with Crippen LogP contribution in [0.4, 0.5) is 0 Å². The molecule has 0 aliphatic carbocycles. The molecule has 0 saturated heterocycles. The van der Waals surface area contributed by atoms with Gasteiger partial charge in [-0.1, -0.05) is 52.2 Å². The van der Waals surface area contributed by atoms with Gasteiger partial charge in [0.1, 0.15) is 5.75 Å². The Morgan fingerprint density at radius 1 is 0.737 bits per heavy atom. The largest absolute Gasteiger partial charge is 0.464 e. The maximum absolute atomic E-state index is 13.3. The van der Waals surface area contributed by atoms with Crippen LogP contribution in [0.15, 0.2) is 24.3 Å². The molecule has 0 radical (unpaired) electrons. The van der Waals surface area contributed by atoms with E-state index >= 15 is 0 Å². The van der Waals surface area contributed by atoms with Crippen molar-refractivity contribution >= 4 is 16.7 Å². The number of esters is 1. The van der Waals surface area contributed by atoms with Gasteiger partial charge in [0.25, 0.3) is 0 Å². The van der Waals surface area contributed by atoms with Crippen molar-refractivity contribution in [3.05, 3.63) is 24.3 Å². The molecule has 2 rings (SSSR count). The highest BCUT2D eigenvalue weighted by Gasteiger charge is 2.31. The summed E-state index contributed by atoms with van der Waals surface area (Å²) < 4.78 is 41.8. The van der Waals surface area contributed by atoms with Crippen LogP contribution in [0.3, 0.4) is 0 Å². The SMILES string of the molecule is CCC[C@@H](OC)Oc1cc2cccc(O[C@@H](CCC)OC)c2c(OC(=O)C(C)(C)C)c1O[C@@H](CCC)OC. The average molecular weight is 535 g/mol.